The summed E-state index contributed by atoms with van der Waals surface area (Å²) < 4.78 is 14.6. The summed E-state index contributed by atoms with van der Waals surface area (Å²) in [7, 11) is 0. The maximum Gasteiger partial charge on any atom is 0.134 e. The van der Waals surface area contributed by atoms with E-state index in [9.17, 15) is 4.39 Å². The molecular weight excluding hydrogens is 351 g/mol. The summed E-state index contributed by atoms with van der Waals surface area (Å²) in [5, 5.41) is 11.3. The molecule has 0 aliphatic carbocycles. The summed E-state index contributed by atoms with van der Waals surface area (Å²) in [5.74, 6) is -0.301. The third-order valence-corrected chi connectivity index (χ3v) is 4.34. The fourth-order valence-electron chi connectivity index (χ4n) is 1.91. The Balaban J connectivity index is 1.97. The molecule has 0 aliphatic heterocycles. The van der Waals surface area contributed by atoms with E-state index in [1.54, 1.807) is 24.3 Å². The van der Waals surface area contributed by atoms with E-state index in [1.807, 2.05) is 17.5 Å². The van der Waals surface area contributed by atoms with Gasteiger partial charge in [0.2, 0.25) is 0 Å². The lowest BCUT2D eigenvalue weighted by atomic mass is 10.1. The highest BCUT2D eigenvalue weighted by atomic mass is 79.9. The Morgan fingerprint density at radius 1 is 1.14 bits per heavy atom. The minimum atomic E-state index is -0.301. The molecule has 21 heavy (non-hydrogen) atoms. The van der Waals surface area contributed by atoms with Crippen molar-refractivity contribution < 1.29 is 4.39 Å². The van der Waals surface area contributed by atoms with Crippen LogP contribution in [0.5, 0.6) is 0 Å². The Hall–Kier alpha value is -2.03. The topological polar surface area (TPSA) is 36.7 Å². The number of hydrogen-bond acceptors (Lipinski definition) is 3. The monoisotopic (exact) mass is 358 g/mol. The van der Waals surface area contributed by atoms with Crippen molar-refractivity contribution in [3.05, 3.63) is 63.7 Å². The smallest absolute Gasteiger partial charge is 0.134 e. The summed E-state index contributed by atoms with van der Waals surface area (Å²) in [4.78, 5) is 4.48. The zero-order chi connectivity index (χ0) is 14.8. The first-order valence-electron chi connectivity index (χ1n) is 6.09. The second-order valence-corrected chi connectivity index (χ2v) is 6.12. The number of nitrogens with zero attached hydrogens (tertiary/aromatic N) is 2. The van der Waals surface area contributed by atoms with Gasteiger partial charge in [0.15, 0.2) is 0 Å². The van der Waals surface area contributed by atoms with Crippen LogP contribution >= 0.6 is 27.3 Å². The van der Waals surface area contributed by atoms with Crippen molar-refractivity contribution in [1.29, 1.82) is 5.26 Å². The van der Waals surface area contributed by atoms with Crippen LogP contribution in [0.4, 0.5) is 4.39 Å². The largest absolute Gasteiger partial charge is 0.236 e. The van der Waals surface area contributed by atoms with E-state index in [0.29, 0.717) is 20.6 Å². The van der Waals surface area contributed by atoms with Crippen LogP contribution in [-0.4, -0.2) is 4.98 Å². The molecule has 0 spiro atoms. The molecule has 0 unspecified atom stereocenters. The Morgan fingerprint density at radius 2 is 1.90 bits per heavy atom. The van der Waals surface area contributed by atoms with Gasteiger partial charge in [-0.25, -0.2) is 9.37 Å². The Bertz CT molecular complexity index is 834. The molecule has 2 aromatic carbocycles. The number of hydrogen-bond donors (Lipinski definition) is 0. The van der Waals surface area contributed by atoms with Gasteiger partial charge in [0, 0.05) is 21.0 Å². The molecule has 0 N–H and O–H groups in total. The molecule has 1 aromatic heterocycles. The van der Waals surface area contributed by atoms with Crippen LogP contribution in [0.15, 0.2) is 52.3 Å². The van der Waals surface area contributed by atoms with Crippen LogP contribution in [0.1, 0.15) is 5.56 Å². The lowest BCUT2D eigenvalue weighted by Gasteiger charge is -2.00. The van der Waals surface area contributed by atoms with Gasteiger partial charge in [-0.05, 0) is 30.3 Å². The average molecular weight is 359 g/mol. The molecule has 102 valence electrons. The number of nitriles is 1. The number of rotatable bonds is 2. The summed E-state index contributed by atoms with van der Waals surface area (Å²) >= 11 is 4.64. The van der Waals surface area contributed by atoms with Crippen molar-refractivity contribution in [2.24, 2.45) is 0 Å². The normalized spacial score (nSPS) is 10.3. The summed E-state index contributed by atoms with van der Waals surface area (Å²) in [6.45, 7) is 0. The molecule has 0 atom stereocenters. The first-order valence-corrected chi connectivity index (χ1v) is 7.76. The van der Waals surface area contributed by atoms with Crippen LogP contribution in [0.25, 0.3) is 21.8 Å². The second-order valence-electron chi connectivity index (χ2n) is 4.35. The highest BCUT2D eigenvalue weighted by molar-refractivity contribution is 9.10. The van der Waals surface area contributed by atoms with Gasteiger partial charge in [-0.2, -0.15) is 5.26 Å². The SMILES string of the molecule is N#Cc1ccc(-c2csc(-c3ccc(Br)cc3F)n2)cc1. The summed E-state index contributed by atoms with van der Waals surface area (Å²) in [6, 6.07) is 14.2. The van der Waals surface area contributed by atoms with Crippen molar-refractivity contribution in [3.8, 4) is 27.9 Å². The van der Waals surface area contributed by atoms with Gasteiger partial charge in [-0.15, -0.1) is 11.3 Å². The van der Waals surface area contributed by atoms with E-state index in [4.69, 9.17) is 5.26 Å². The van der Waals surface area contributed by atoms with Crippen molar-refractivity contribution in [2.45, 2.75) is 0 Å². The predicted molar refractivity (Wildman–Crippen MR) is 85.4 cm³/mol. The highest BCUT2D eigenvalue weighted by Crippen LogP contribution is 2.31. The fourth-order valence-corrected chi connectivity index (χ4v) is 3.10. The van der Waals surface area contributed by atoms with Crippen LogP contribution < -0.4 is 0 Å². The highest BCUT2D eigenvalue weighted by Gasteiger charge is 2.11. The van der Waals surface area contributed by atoms with Crippen molar-refractivity contribution >= 4 is 27.3 Å². The third kappa shape index (κ3) is 2.87. The maximum absolute atomic E-state index is 13.9. The molecule has 0 fully saturated rings. The van der Waals surface area contributed by atoms with Crippen LogP contribution in [0.3, 0.4) is 0 Å². The quantitative estimate of drug-likeness (QED) is 0.627. The molecule has 0 saturated carbocycles. The molecule has 0 radical (unpaired) electrons. The van der Waals surface area contributed by atoms with Crippen molar-refractivity contribution in [1.82, 2.24) is 4.98 Å². The minimum absolute atomic E-state index is 0.301. The zero-order valence-corrected chi connectivity index (χ0v) is 13.1. The van der Waals surface area contributed by atoms with Gasteiger partial charge in [0.1, 0.15) is 10.8 Å². The minimum Gasteiger partial charge on any atom is -0.236 e. The lowest BCUT2D eigenvalue weighted by Crippen LogP contribution is -1.84. The predicted octanol–water partition coefficient (Wildman–Crippen LogP) is 5.25. The first kappa shape index (κ1) is 13.9. The standard InChI is InChI=1S/C16H8BrFN2S/c17-12-5-6-13(14(18)7-12)16-20-15(9-21-16)11-3-1-10(8-19)2-4-11/h1-7,9H. The molecule has 3 aromatic rings. The Labute approximate surface area is 133 Å². The van der Waals surface area contributed by atoms with Gasteiger partial charge < -0.3 is 0 Å². The van der Waals surface area contributed by atoms with Crippen molar-refractivity contribution in [3.63, 3.8) is 0 Å². The molecule has 1 heterocycles. The van der Waals surface area contributed by atoms with Crippen LogP contribution in [0, 0.1) is 17.1 Å². The third-order valence-electron chi connectivity index (χ3n) is 2.98. The van der Waals surface area contributed by atoms with Gasteiger partial charge in [-0.3, -0.25) is 0 Å². The molecule has 5 heteroatoms. The zero-order valence-electron chi connectivity index (χ0n) is 10.7. The van der Waals surface area contributed by atoms with E-state index in [1.165, 1.54) is 17.4 Å². The van der Waals surface area contributed by atoms with E-state index in [0.717, 1.165) is 11.3 Å². The lowest BCUT2D eigenvalue weighted by molar-refractivity contribution is 0.630. The molecule has 0 amide bonds. The molecule has 0 saturated heterocycles. The Kier molecular flexibility index (Phi) is 3.82. The molecule has 0 aliphatic rings. The molecule has 3 rings (SSSR count). The fraction of sp³-hybridized carbons (Fsp3) is 0. The first-order chi connectivity index (χ1) is 10.2. The summed E-state index contributed by atoms with van der Waals surface area (Å²) in [5.41, 5.74) is 2.78. The van der Waals surface area contributed by atoms with E-state index >= 15 is 0 Å². The van der Waals surface area contributed by atoms with E-state index in [-0.39, 0.29) is 5.82 Å². The summed E-state index contributed by atoms with van der Waals surface area (Å²) in [6.07, 6.45) is 0. The molecular formula is C16H8BrFN2S. The average Bonchev–Trinajstić information content (AvgIpc) is 2.97. The van der Waals surface area contributed by atoms with E-state index < -0.39 is 0 Å². The second kappa shape index (κ2) is 5.76. The number of benzene rings is 2. The number of halogens is 2. The number of aromatic nitrogens is 1. The van der Waals surface area contributed by atoms with Gasteiger partial charge in [-0.1, -0.05) is 28.1 Å². The van der Waals surface area contributed by atoms with Gasteiger partial charge >= 0.3 is 0 Å². The Morgan fingerprint density at radius 3 is 2.57 bits per heavy atom. The molecule has 2 nitrogen and oxygen atoms in total. The van der Waals surface area contributed by atoms with Gasteiger partial charge in [0.05, 0.1) is 17.3 Å². The number of thiazole rings is 1. The molecule has 0 bridgehead atoms. The van der Waals surface area contributed by atoms with Gasteiger partial charge in [0.25, 0.3) is 0 Å². The van der Waals surface area contributed by atoms with Crippen LogP contribution in [-0.2, 0) is 0 Å². The van der Waals surface area contributed by atoms with Crippen molar-refractivity contribution in [2.75, 3.05) is 0 Å². The van der Waals surface area contributed by atoms with Crippen LogP contribution in [0.2, 0.25) is 0 Å². The maximum atomic E-state index is 13.9. The van der Waals surface area contributed by atoms with E-state index in [2.05, 4.69) is 27.0 Å².